The number of ether oxygens (including phenoxy) is 3. The molecule has 1 atom stereocenters. The van der Waals surface area contributed by atoms with Gasteiger partial charge in [-0.15, -0.1) is 0 Å². The minimum absolute atomic E-state index is 0.0835. The van der Waals surface area contributed by atoms with Gasteiger partial charge in [-0.05, 0) is 109 Å². The standard InChI is InChI=1S/C69H116O6/c1-4-7-10-13-16-19-22-24-26-27-28-29-30-31-32-33-34-35-36-37-38-39-40-41-43-44-47-50-53-56-59-62-68(71)74-65-66(64-73-67(70)61-58-55-52-49-46-21-18-15-12-9-6-3)75-69(72)63-60-57-54-51-48-45-42-25-23-20-17-14-11-8-5-2/h7,10,16-17,19-20,24-26,28-29,31-32,34-35,37-38,42,66H,4-6,8-9,11-15,18,21-23,27,30,33,36,39-41,43-65H2,1-3H3/b10-7-,19-16-,20-17-,26-24-,29-28-,32-31-,35-34-,38-37-,42-25-. The molecule has 0 bridgehead atoms. The second kappa shape index (κ2) is 62.6. The predicted molar refractivity (Wildman–Crippen MR) is 325 cm³/mol. The smallest absolute Gasteiger partial charge is 0.306 e. The minimum atomic E-state index is -0.787. The van der Waals surface area contributed by atoms with Gasteiger partial charge in [0.15, 0.2) is 6.10 Å². The first kappa shape index (κ1) is 71.1. The van der Waals surface area contributed by atoms with E-state index < -0.39 is 6.10 Å². The van der Waals surface area contributed by atoms with Crippen LogP contribution in [0.4, 0.5) is 0 Å². The van der Waals surface area contributed by atoms with Crippen LogP contribution in [0, 0.1) is 0 Å². The Labute approximate surface area is 463 Å². The highest BCUT2D eigenvalue weighted by Gasteiger charge is 2.19. The minimum Gasteiger partial charge on any atom is -0.462 e. The van der Waals surface area contributed by atoms with E-state index in [0.29, 0.717) is 19.3 Å². The van der Waals surface area contributed by atoms with Crippen LogP contribution in [0.3, 0.4) is 0 Å². The van der Waals surface area contributed by atoms with Gasteiger partial charge in [-0.1, -0.05) is 271 Å². The monoisotopic (exact) mass is 1040 g/mol. The zero-order valence-electron chi connectivity index (χ0n) is 49.0. The Morgan fingerprint density at radius 1 is 0.280 bits per heavy atom. The Balaban J connectivity index is 4.24. The van der Waals surface area contributed by atoms with Crippen molar-refractivity contribution in [3.05, 3.63) is 109 Å². The quantitative estimate of drug-likeness (QED) is 0.0261. The predicted octanol–water partition coefficient (Wildman–Crippen LogP) is 21.4. The first-order valence-electron chi connectivity index (χ1n) is 31.4. The molecular weight excluding hydrogens is 925 g/mol. The van der Waals surface area contributed by atoms with Gasteiger partial charge >= 0.3 is 17.9 Å². The fourth-order valence-corrected chi connectivity index (χ4v) is 8.57. The molecule has 0 rings (SSSR count). The number of rotatable bonds is 56. The molecule has 0 spiro atoms. The molecule has 0 aromatic carbocycles. The molecule has 0 fully saturated rings. The Morgan fingerprint density at radius 2 is 0.520 bits per heavy atom. The summed E-state index contributed by atoms with van der Waals surface area (Å²) in [6.07, 6.45) is 85.2. The van der Waals surface area contributed by atoms with E-state index in [9.17, 15) is 14.4 Å². The van der Waals surface area contributed by atoms with Crippen LogP contribution in [0.25, 0.3) is 0 Å². The molecule has 6 nitrogen and oxygen atoms in total. The number of carbonyl (C=O) groups excluding carboxylic acids is 3. The van der Waals surface area contributed by atoms with Crippen LogP contribution < -0.4 is 0 Å². The van der Waals surface area contributed by atoms with Crippen molar-refractivity contribution in [2.75, 3.05) is 13.2 Å². The summed E-state index contributed by atoms with van der Waals surface area (Å²) in [5.41, 5.74) is 0. The van der Waals surface area contributed by atoms with Crippen LogP contribution in [0.2, 0.25) is 0 Å². The van der Waals surface area contributed by atoms with Gasteiger partial charge in [-0.25, -0.2) is 0 Å². The van der Waals surface area contributed by atoms with Gasteiger partial charge in [0.25, 0.3) is 0 Å². The zero-order chi connectivity index (χ0) is 54.3. The van der Waals surface area contributed by atoms with Crippen molar-refractivity contribution in [1.29, 1.82) is 0 Å². The summed E-state index contributed by atoms with van der Waals surface area (Å²) in [5, 5.41) is 0. The van der Waals surface area contributed by atoms with Crippen LogP contribution in [0.15, 0.2) is 109 Å². The van der Waals surface area contributed by atoms with E-state index in [1.165, 1.54) is 116 Å². The van der Waals surface area contributed by atoms with E-state index in [1.54, 1.807) is 0 Å². The molecule has 1 unspecified atom stereocenters. The van der Waals surface area contributed by atoms with Gasteiger partial charge in [0.05, 0.1) is 0 Å². The number of esters is 3. The van der Waals surface area contributed by atoms with E-state index in [2.05, 4.69) is 130 Å². The van der Waals surface area contributed by atoms with E-state index in [1.807, 2.05) is 0 Å². The third-order valence-corrected chi connectivity index (χ3v) is 13.3. The lowest BCUT2D eigenvalue weighted by Gasteiger charge is -2.18. The van der Waals surface area contributed by atoms with E-state index in [4.69, 9.17) is 14.2 Å². The van der Waals surface area contributed by atoms with Crippen LogP contribution in [0.5, 0.6) is 0 Å². The van der Waals surface area contributed by atoms with Crippen LogP contribution in [0.1, 0.15) is 290 Å². The summed E-state index contributed by atoms with van der Waals surface area (Å²) in [4.78, 5) is 38.2. The van der Waals surface area contributed by atoms with Crippen molar-refractivity contribution in [1.82, 2.24) is 0 Å². The van der Waals surface area contributed by atoms with Gasteiger partial charge in [-0.2, -0.15) is 0 Å². The van der Waals surface area contributed by atoms with E-state index in [-0.39, 0.29) is 31.1 Å². The second-order valence-corrected chi connectivity index (χ2v) is 20.6. The number of unbranched alkanes of at least 4 members (excludes halogenated alkanes) is 27. The maximum Gasteiger partial charge on any atom is 0.306 e. The van der Waals surface area contributed by atoms with Crippen molar-refractivity contribution in [3.63, 3.8) is 0 Å². The number of hydrogen-bond donors (Lipinski definition) is 0. The van der Waals surface area contributed by atoms with Gasteiger partial charge < -0.3 is 14.2 Å². The lowest BCUT2D eigenvalue weighted by molar-refractivity contribution is -0.167. The Kier molecular flexibility index (Phi) is 59.3. The lowest BCUT2D eigenvalue weighted by Crippen LogP contribution is -2.30. The second-order valence-electron chi connectivity index (χ2n) is 20.6. The maximum atomic E-state index is 12.9. The first-order chi connectivity index (χ1) is 37.0. The molecule has 0 heterocycles. The molecule has 0 saturated carbocycles. The van der Waals surface area contributed by atoms with Gasteiger partial charge in [-0.3, -0.25) is 14.4 Å². The molecule has 75 heavy (non-hydrogen) atoms. The van der Waals surface area contributed by atoms with Crippen molar-refractivity contribution in [2.24, 2.45) is 0 Å². The molecule has 428 valence electrons. The first-order valence-corrected chi connectivity index (χ1v) is 31.4. The van der Waals surface area contributed by atoms with Crippen LogP contribution in [-0.2, 0) is 28.6 Å². The third-order valence-electron chi connectivity index (χ3n) is 13.3. The lowest BCUT2D eigenvalue weighted by atomic mass is 10.1. The fourth-order valence-electron chi connectivity index (χ4n) is 8.57. The molecule has 0 aromatic heterocycles. The molecule has 0 aromatic rings. The molecule has 0 aliphatic carbocycles. The Bertz CT molecular complexity index is 1520. The van der Waals surface area contributed by atoms with Crippen molar-refractivity contribution in [3.8, 4) is 0 Å². The molecule has 0 amide bonds. The summed E-state index contributed by atoms with van der Waals surface area (Å²) >= 11 is 0. The normalized spacial score (nSPS) is 12.8. The van der Waals surface area contributed by atoms with Gasteiger partial charge in [0, 0.05) is 19.3 Å². The fraction of sp³-hybridized carbons (Fsp3) is 0.696. The summed E-state index contributed by atoms with van der Waals surface area (Å²) in [6, 6.07) is 0. The zero-order valence-corrected chi connectivity index (χ0v) is 49.0. The molecule has 6 heteroatoms. The molecule has 0 radical (unpaired) electrons. The number of carbonyl (C=O) groups is 3. The summed E-state index contributed by atoms with van der Waals surface area (Å²) in [5.74, 6) is -0.899. The summed E-state index contributed by atoms with van der Waals surface area (Å²) in [7, 11) is 0. The maximum absolute atomic E-state index is 12.9. The van der Waals surface area contributed by atoms with Crippen LogP contribution in [-0.4, -0.2) is 37.2 Å². The highest BCUT2D eigenvalue weighted by Crippen LogP contribution is 2.15. The molecule has 0 saturated heterocycles. The largest absolute Gasteiger partial charge is 0.462 e. The Morgan fingerprint density at radius 3 is 0.840 bits per heavy atom. The molecular formula is C69H116O6. The highest BCUT2D eigenvalue weighted by atomic mass is 16.6. The van der Waals surface area contributed by atoms with Crippen molar-refractivity contribution >= 4 is 17.9 Å². The van der Waals surface area contributed by atoms with Crippen LogP contribution >= 0.6 is 0 Å². The topological polar surface area (TPSA) is 78.9 Å². The van der Waals surface area contributed by atoms with Crippen molar-refractivity contribution < 1.29 is 28.6 Å². The number of allylic oxidation sites excluding steroid dienone is 18. The summed E-state index contributed by atoms with van der Waals surface area (Å²) < 4.78 is 16.9. The molecule has 0 aliphatic rings. The van der Waals surface area contributed by atoms with E-state index in [0.717, 1.165) is 135 Å². The summed E-state index contributed by atoms with van der Waals surface area (Å²) in [6.45, 7) is 6.49. The van der Waals surface area contributed by atoms with Gasteiger partial charge in [0.2, 0.25) is 0 Å². The molecule has 0 N–H and O–H groups in total. The average Bonchev–Trinajstić information content (AvgIpc) is 3.41. The van der Waals surface area contributed by atoms with E-state index >= 15 is 0 Å². The highest BCUT2D eigenvalue weighted by molar-refractivity contribution is 5.71. The average molecular weight is 1040 g/mol. The molecule has 0 aliphatic heterocycles. The number of hydrogen-bond acceptors (Lipinski definition) is 6. The third kappa shape index (κ3) is 60.8. The van der Waals surface area contributed by atoms with Crippen molar-refractivity contribution in [2.45, 2.75) is 297 Å². The Hall–Kier alpha value is -3.93. The van der Waals surface area contributed by atoms with Gasteiger partial charge in [0.1, 0.15) is 13.2 Å². The SMILES string of the molecule is CC/C=C\C/C=C\C/C=C\C/C=C\C/C=C\C/C=C\C/C=C\CCCCCCCCCCCC(=O)OCC(COC(=O)CCCCCCCCCCCCC)OC(=O)CCCCCCC/C=C\C/C=C\CCCCC.